The third-order valence-electron chi connectivity index (χ3n) is 2.76. The van der Waals surface area contributed by atoms with E-state index in [1.807, 2.05) is 0 Å². The molecule has 0 bridgehead atoms. The van der Waals surface area contributed by atoms with Gasteiger partial charge in [-0.25, -0.2) is 39.5 Å². The van der Waals surface area contributed by atoms with Crippen molar-refractivity contribution in [2.75, 3.05) is 0 Å². The molecule has 27 heavy (non-hydrogen) atoms. The first-order chi connectivity index (χ1) is 11.8. The largest absolute Gasteiger partial charge is 0.441 e. The van der Waals surface area contributed by atoms with E-state index in [2.05, 4.69) is 0 Å². The molecule has 0 heterocycles. The van der Waals surface area contributed by atoms with Gasteiger partial charge < -0.3 is 0 Å². The fraction of sp³-hybridized carbons (Fsp3) is 0.300. The van der Waals surface area contributed by atoms with Crippen LogP contribution in [0.15, 0.2) is 4.90 Å². The molecule has 1 aromatic rings. The molecule has 0 aliphatic carbocycles. The fourth-order valence-electron chi connectivity index (χ4n) is 1.48. The van der Waals surface area contributed by atoms with Gasteiger partial charge in [0.2, 0.25) is 5.82 Å². The molecular formula is C10HF12NO3S. The second kappa shape index (κ2) is 6.45. The second-order valence-electron chi connectivity index (χ2n) is 4.49. The molecule has 1 N–H and O–H groups in total. The lowest BCUT2D eigenvalue weighted by Gasteiger charge is -2.28. The Hall–Kier alpha value is -2.20. The normalized spacial score (nSPS) is 13.6. The van der Waals surface area contributed by atoms with E-state index in [-0.39, 0.29) is 4.72 Å². The van der Waals surface area contributed by atoms with Crippen LogP contribution in [0.3, 0.4) is 0 Å². The molecule has 0 aromatic heterocycles. The standard InChI is InChI=1S/C10HF12NO3S/c11-1-2(12)4(14)6(5(15)3(1)13)27(25,26)23-7(24)8(16,9(17,18)19)10(20,21)22/h(H,23,24). The van der Waals surface area contributed by atoms with E-state index in [1.165, 1.54) is 0 Å². The minimum atomic E-state index is -7.11. The van der Waals surface area contributed by atoms with Crippen LogP contribution < -0.4 is 4.72 Å². The van der Waals surface area contributed by atoms with Crippen LogP contribution in [0.5, 0.6) is 0 Å². The van der Waals surface area contributed by atoms with Crippen LogP contribution in [-0.4, -0.2) is 32.3 Å². The Balaban J connectivity index is 3.60. The molecule has 0 spiro atoms. The van der Waals surface area contributed by atoms with Crippen molar-refractivity contribution in [3.8, 4) is 0 Å². The van der Waals surface area contributed by atoms with E-state index in [9.17, 15) is 65.9 Å². The predicted molar refractivity (Wildman–Crippen MR) is 57.5 cm³/mol. The average Bonchev–Trinajstić information content (AvgIpc) is 2.47. The third-order valence-corrected chi connectivity index (χ3v) is 4.11. The van der Waals surface area contributed by atoms with E-state index in [4.69, 9.17) is 0 Å². The van der Waals surface area contributed by atoms with Crippen molar-refractivity contribution >= 4 is 15.9 Å². The summed E-state index contributed by atoms with van der Waals surface area (Å²) >= 11 is 0. The summed E-state index contributed by atoms with van der Waals surface area (Å²) < 4.78 is 175. The highest BCUT2D eigenvalue weighted by molar-refractivity contribution is 7.90. The molecule has 0 unspecified atom stereocenters. The third kappa shape index (κ3) is 3.51. The maximum atomic E-state index is 13.3. The minimum Gasteiger partial charge on any atom is -0.269 e. The summed E-state index contributed by atoms with van der Waals surface area (Å²) in [4.78, 5) is 7.99. The van der Waals surface area contributed by atoms with Crippen LogP contribution >= 0.6 is 0 Å². The molecular weight excluding hydrogens is 442 g/mol. The first-order valence-corrected chi connectivity index (χ1v) is 7.20. The van der Waals surface area contributed by atoms with Gasteiger partial charge in [0.15, 0.2) is 28.2 Å². The Bertz CT molecular complexity index is 845. The number of benzene rings is 1. The highest BCUT2D eigenvalue weighted by Crippen LogP contribution is 2.46. The van der Waals surface area contributed by atoms with Crippen LogP contribution in [0.2, 0.25) is 0 Å². The van der Waals surface area contributed by atoms with Crippen LogP contribution in [0.25, 0.3) is 0 Å². The summed E-state index contributed by atoms with van der Waals surface area (Å²) in [5.74, 6) is -19.3. The Morgan fingerprint density at radius 2 is 0.963 bits per heavy atom. The number of alkyl halides is 7. The molecule has 1 aromatic carbocycles. The van der Waals surface area contributed by atoms with Gasteiger partial charge in [0.25, 0.3) is 15.9 Å². The predicted octanol–water partition coefficient (Wildman–Crippen LogP) is 3.02. The number of nitrogens with one attached hydrogen (secondary N) is 1. The number of hydrogen-bond donors (Lipinski definition) is 1. The average molecular weight is 443 g/mol. The van der Waals surface area contributed by atoms with Gasteiger partial charge in [-0.05, 0) is 0 Å². The molecule has 0 saturated carbocycles. The van der Waals surface area contributed by atoms with Gasteiger partial charge in [0, 0.05) is 0 Å². The second-order valence-corrected chi connectivity index (χ2v) is 6.11. The van der Waals surface area contributed by atoms with E-state index < -0.39 is 67.9 Å². The van der Waals surface area contributed by atoms with Crippen molar-refractivity contribution < 1.29 is 65.9 Å². The number of rotatable bonds is 3. The van der Waals surface area contributed by atoms with E-state index >= 15 is 0 Å². The molecule has 17 heteroatoms. The molecule has 154 valence electrons. The number of carbonyl (C=O) groups is 1. The molecule has 0 fully saturated rings. The lowest BCUT2D eigenvalue weighted by atomic mass is 10.1. The van der Waals surface area contributed by atoms with Crippen molar-refractivity contribution in [2.45, 2.75) is 22.9 Å². The number of hydrogen-bond acceptors (Lipinski definition) is 3. The highest BCUT2D eigenvalue weighted by atomic mass is 32.2. The van der Waals surface area contributed by atoms with Crippen LogP contribution in [0.4, 0.5) is 52.7 Å². The van der Waals surface area contributed by atoms with Crippen molar-refractivity contribution in [3.63, 3.8) is 0 Å². The highest BCUT2D eigenvalue weighted by Gasteiger charge is 2.78. The quantitative estimate of drug-likeness (QED) is 0.444. The van der Waals surface area contributed by atoms with Gasteiger partial charge in [0.05, 0.1) is 0 Å². The molecule has 0 atom stereocenters. The van der Waals surface area contributed by atoms with Crippen molar-refractivity contribution in [2.24, 2.45) is 0 Å². The van der Waals surface area contributed by atoms with Gasteiger partial charge in [-0.3, -0.25) is 4.79 Å². The first-order valence-electron chi connectivity index (χ1n) is 5.71. The molecule has 1 amide bonds. The summed E-state index contributed by atoms with van der Waals surface area (Å²) in [5.41, 5.74) is -6.89. The minimum absolute atomic E-state index is 0.336. The van der Waals surface area contributed by atoms with E-state index in [0.29, 0.717) is 0 Å². The first kappa shape index (κ1) is 22.8. The van der Waals surface area contributed by atoms with Gasteiger partial charge in [0.1, 0.15) is 0 Å². The monoisotopic (exact) mass is 443 g/mol. The zero-order valence-electron chi connectivity index (χ0n) is 11.7. The van der Waals surface area contributed by atoms with Crippen molar-refractivity contribution in [1.82, 2.24) is 4.72 Å². The van der Waals surface area contributed by atoms with Crippen molar-refractivity contribution in [3.05, 3.63) is 29.1 Å². The summed E-state index contributed by atoms with van der Waals surface area (Å²) in [5, 5.41) is 0. The Morgan fingerprint density at radius 1 is 0.667 bits per heavy atom. The van der Waals surface area contributed by atoms with E-state index in [1.54, 1.807) is 0 Å². The Morgan fingerprint density at radius 3 is 1.26 bits per heavy atom. The van der Waals surface area contributed by atoms with Crippen LogP contribution in [0, 0.1) is 29.1 Å². The number of amides is 1. The van der Waals surface area contributed by atoms with Crippen LogP contribution in [-0.2, 0) is 14.8 Å². The molecule has 1 rings (SSSR count). The number of sulfonamides is 1. The zero-order chi connectivity index (χ0) is 21.7. The van der Waals surface area contributed by atoms with Crippen molar-refractivity contribution in [1.29, 1.82) is 0 Å². The summed E-state index contributed by atoms with van der Waals surface area (Å²) in [6, 6.07) is 0. The molecule has 0 saturated heterocycles. The summed E-state index contributed by atoms with van der Waals surface area (Å²) in [6.45, 7) is 0. The lowest BCUT2D eigenvalue weighted by molar-refractivity contribution is -0.325. The Labute approximate surface area is 139 Å². The maximum absolute atomic E-state index is 13.3. The molecule has 0 radical (unpaired) electrons. The van der Waals surface area contributed by atoms with Gasteiger partial charge in [-0.15, -0.1) is 0 Å². The molecule has 4 nitrogen and oxygen atoms in total. The van der Waals surface area contributed by atoms with E-state index in [0.717, 1.165) is 0 Å². The van der Waals surface area contributed by atoms with Crippen LogP contribution in [0.1, 0.15) is 0 Å². The SMILES string of the molecule is O=C(NS(=O)(=O)c1c(F)c(F)c(F)c(F)c1F)C(F)(C(F)(F)F)C(F)(F)F. The van der Waals surface area contributed by atoms with Gasteiger partial charge in [-0.1, -0.05) is 0 Å². The summed E-state index contributed by atoms with van der Waals surface area (Å²) in [7, 11) is -6.62. The zero-order valence-corrected chi connectivity index (χ0v) is 12.5. The topological polar surface area (TPSA) is 63.2 Å². The number of halogens is 12. The molecule has 0 aliphatic rings. The number of carbonyl (C=O) groups excluding carboxylic acids is 1. The smallest absolute Gasteiger partial charge is 0.269 e. The lowest BCUT2D eigenvalue weighted by Crippen LogP contribution is -2.63. The fourth-order valence-corrected chi connectivity index (χ4v) is 2.62. The maximum Gasteiger partial charge on any atom is 0.441 e. The molecule has 0 aliphatic heterocycles. The summed E-state index contributed by atoms with van der Waals surface area (Å²) in [6.07, 6.45) is -14.2. The van der Waals surface area contributed by atoms with Gasteiger partial charge in [-0.2, -0.15) is 26.3 Å². The van der Waals surface area contributed by atoms with Gasteiger partial charge >= 0.3 is 18.0 Å². The Kier molecular flexibility index (Phi) is 5.46.